The molecule has 0 bridgehead atoms. The predicted octanol–water partition coefficient (Wildman–Crippen LogP) is 3.17. The van der Waals surface area contributed by atoms with Gasteiger partial charge in [0.05, 0.1) is 25.9 Å². The van der Waals surface area contributed by atoms with E-state index in [-0.39, 0.29) is 12.2 Å². The Bertz CT molecular complexity index is 347. The van der Waals surface area contributed by atoms with E-state index in [2.05, 4.69) is 0 Å². The second-order valence-electron chi connectivity index (χ2n) is 4.76. The molecule has 18 heavy (non-hydrogen) atoms. The van der Waals surface area contributed by atoms with Gasteiger partial charge in [-0.15, -0.1) is 0 Å². The molecule has 1 aliphatic rings. The molecule has 100 valence electrons. The highest BCUT2D eigenvalue weighted by Crippen LogP contribution is 2.24. The van der Waals surface area contributed by atoms with Crippen LogP contribution in [0.25, 0.3) is 0 Å². The number of rotatable bonds is 5. The van der Waals surface area contributed by atoms with Crippen LogP contribution in [0.2, 0.25) is 0 Å². The van der Waals surface area contributed by atoms with E-state index in [9.17, 15) is 0 Å². The van der Waals surface area contributed by atoms with Gasteiger partial charge in [0.25, 0.3) is 0 Å². The third-order valence-electron chi connectivity index (χ3n) is 3.57. The van der Waals surface area contributed by atoms with Gasteiger partial charge in [0.15, 0.2) is 0 Å². The number of hydrogen-bond acceptors (Lipinski definition) is 3. The van der Waals surface area contributed by atoms with Crippen LogP contribution in [-0.2, 0) is 16.1 Å². The number of methoxy groups -OCH3 is 2. The zero-order valence-electron chi connectivity index (χ0n) is 11.2. The Morgan fingerprint density at radius 3 is 2.28 bits per heavy atom. The number of ether oxygens (including phenoxy) is 3. The summed E-state index contributed by atoms with van der Waals surface area (Å²) in [5, 5.41) is 0. The molecule has 2 atom stereocenters. The third kappa shape index (κ3) is 3.47. The van der Waals surface area contributed by atoms with Gasteiger partial charge in [0.1, 0.15) is 5.75 Å². The van der Waals surface area contributed by atoms with Crippen molar-refractivity contribution >= 4 is 0 Å². The van der Waals surface area contributed by atoms with Crippen LogP contribution in [0.15, 0.2) is 24.3 Å². The van der Waals surface area contributed by atoms with Crippen LogP contribution in [-0.4, -0.2) is 26.4 Å². The van der Waals surface area contributed by atoms with Gasteiger partial charge in [0, 0.05) is 7.11 Å². The van der Waals surface area contributed by atoms with Crippen LogP contribution in [0.3, 0.4) is 0 Å². The van der Waals surface area contributed by atoms with E-state index in [0.29, 0.717) is 6.61 Å². The number of hydrogen-bond donors (Lipinski definition) is 0. The molecule has 2 unspecified atom stereocenters. The van der Waals surface area contributed by atoms with Crippen LogP contribution in [0, 0.1) is 0 Å². The lowest BCUT2D eigenvalue weighted by molar-refractivity contribution is -0.0830. The van der Waals surface area contributed by atoms with Crippen molar-refractivity contribution in [2.45, 2.75) is 44.5 Å². The quantitative estimate of drug-likeness (QED) is 0.803. The second-order valence-corrected chi connectivity index (χ2v) is 4.76. The highest BCUT2D eigenvalue weighted by molar-refractivity contribution is 5.26. The molecule has 3 nitrogen and oxygen atoms in total. The highest BCUT2D eigenvalue weighted by Gasteiger charge is 2.25. The van der Waals surface area contributed by atoms with Gasteiger partial charge in [-0.25, -0.2) is 0 Å². The minimum Gasteiger partial charge on any atom is -0.497 e. The van der Waals surface area contributed by atoms with E-state index in [1.807, 2.05) is 24.3 Å². The minimum atomic E-state index is 0.242. The number of benzene rings is 1. The van der Waals surface area contributed by atoms with Crippen molar-refractivity contribution in [2.24, 2.45) is 0 Å². The van der Waals surface area contributed by atoms with Crippen molar-refractivity contribution in [3.05, 3.63) is 29.8 Å². The van der Waals surface area contributed by atoms with E-state index in [0.717, 1.165) is 18.6 Å². The monoisotopic (exact) mass is 250 g/mol. The van der Waals surface area contributed by atoms with Gasteiger partial charge >= 0.3 is 0 Å². The fourth-order valence-corrected chi connectivity index (χ4v) is 2.45. The Balaban J connectivity index is 1.85. The van der Waals surface area contributed by atoms with Gasteiger partial charge in [0.2, 0.25) is 0 Å². The lowest BCUT2D eigenvalue weighted by Crippen LogP contribution is -2.33. The Hall–Kier alpha value is -1.06. The molecule has 0 spiro atoms. The van der Waals surface area contributed by atoms with E-state index >= 15 is 0 Å². The first kappa shape index (κ1) is 13.4. The molecule has 0 amide bonds. The molecule has 0 aromatic heterocycles. The van der Waals surface area contributed by atoms with Crippen LogP contribution in [0.1, 0.15) is 31.2 Å². The predicted molar refractivity (Wildman–Crippen MR) is 70.8 cm³/mol. The molecule has 0 saturated heterocycles. The van der Waals surface area contributed by atoms with Crippen molar-refractivity contribution < 1.29 is 14.2 Å². The lowest BCUT2D eigenvalue weighted by atomic mass is 9.94. The molecular weight excluding hydrogens is 228 g/mol. The summed E-state index contributed by atoms with van der Waals surface area (Å²) in [4.78, 5) is 0. The maximum Gasteiger partial charge on any atom is 0.118 e. The van der Waals surface area contributed by atoms with Gasteiger partial charge in [-0.3, -0.25) is 0 Å². The third-order valence-corrected chi connectivity index (χ3v) is 3.57. The van der Waals surface area contributed by atoms with Crippen LogP contribution in [0.4, 0.5) is 0 Å². The Morgan fingerprint density at radius 1 is 1.00 bits per heavy atom. The normalized spacial score (nSPS) is 23.9. The molecule has 3 heteroatoms. The fraction of sp³-hybridized carbons (Fsp3) is 0.600. The summed E-state index contributed by atoms with van der Waals surface area (Å²) in [6.45, 7) is 0.647. The fourth-order valence-electron chi connectivity index (χ4n) is 2.45. The standard InChI is InChI=1S/C15H22O3/c1-16-13-9-7-12(8-10-13)11-18-15-6-4-3-5-14(15)17-2/h7-10,14-15H,3-6,11H2,1-2H3. The van der Waals surface area contributed by atoms with Gasteiger partial charge < -0.3 is 14.2 Å². The Labute approximate surface area is 109 Å². The molecule has 1 aromatic rings. The average Bonchev–Trinajstić information content (AvgIpc) is 2.46. The van der Waals surface area contributed by atoms with Crippen molar-refractivity contribution in [3.8, 4) is 5.75 Å². The molecule has 0 N–H and O–H groups in total. The topological polar surface area (TPSA) is 27.7 Å². The van der Waals surface area contributed by atoms with Crippen LogP contribution in [0.5, 0.6) is 5.75 Å². The highest BCUT2D eigenvalue weighted by atomic mass is 16.5. The van der Waals surface area contributed by atoms with Crippen molar-refractivity contribution in [1.82, 2.24) is 0 Å². The van der Waals surface area contributed by atoms with Gasteiger partial charge in [-0.1, -0.05) is 25.0 Å². The first-order chi connectivity index (χ1) is 8.83. The first-order valence-corrected chi connectivity index (χ1v) is 6.61. The summed E-state index contributed by atoms with van der Waals surface area (Å²) in [5.41, 5.74) is 1.18. The molecule has 0 aliphatic heterocycles. The lowest BCUT2D eigenvalue weighted by Gasteiger charge is -2.30. The zero-order valence-corrected chi connectivity index (χ0v) is 11.2. The summed E-state index contributed by atoms with van der Waals surface area (Å²) >= 11 is 0. The summed E-state index contributed by atoms with van der Waals surface area (Å²) in [5.74, 6) is 0.881. The minimum absolute atomic E-state index is 0.242. The Kier molecular flexibility index (Phi) is 5.02. The Morgan fingerprint density at radius 2 is 1.67 bits per heavy atom. The molecule has 1 aromatic carbocycles. The SMILES string of the molecule is COc1ccc(COC2CCCCC2OC)cc1. The second kappa shape index (κ2) is 6.76. The molecule has 1 aliphatic carbocycles. The zero-order chi connectivity index (χ0) is 12.8. The largest absolute Gasteiger partial charge is 0.497 e. The van der Waals surface area contributed by atoms with E-state index in [1.54, 1.807) is 14.2 Å². The molecule has 1 fully saturated rings. The maximum atomic E-state index is 5.98. The van der Waals surface area contributed by atoms with Gasteiger partial charge in [-0.2, -0.15) is 0 Å². The molecule has 0 radical (unpaired) electrons. The van der Waals surface area contributed by atoms with E-state index in [4.69, 9.17) is 14.2 Å². The molecule has 0 heterocycles. The molecule has 1 saturated carbocycles. The van der Waals surface area contributed by atoms with E-state index in [1.165, 1.54) is 18.4 Å². The van der Waals surface area contributed by atoms with Crippen LogP contribution < -0.4 is 4.74 Å². The maximum absolute atomic E-state index is 5.98. The smallest absolute Gasteiger partial charge is 0.118 e. The summed E-state index contributed by atoms with van der Waals surface area (Å²) in [6.07, 6.45) is 5.22. The van der Waals surface area contributed by atoms with Crippen molar-refractivity contribution in [1.29, 1.82) is 0 Å². The summed E-state index contributed by atoms with van der Waals surface area (Å²) in [6, 6.07) is 8.02. The molecule has 2 rings (SSSR count). The first-order valence-electron chi connectivity index (χ1n) is 6.61. The van der Waals surface area contributed by atoms with Crippen LogP contribution >= 0.6 is 0 Å². The average molecular weight is 250 g/mol. The van der Waals surface area contributed by atoms with E-state index < -0.39 is 0 Å². The van der Waals surface area contributed by atoms with Crippen molar-refractivity contribution in [3.63, 3.8) is 0 Å². The van der Waals surface area contributed by atoms with Gasteiger partial charge in [-0.05, 0) is 30.5 Å². The summed E-state index contributed by atoms with van der Waals surface area (Å²) < 4.78 is 16.6. The molecular formula is C15H22O3. The van der Waals surface area contributed by atoms with Crippen molar-refractivity contribution in [2.75, 3.05) is 14.2 Å². The summed E-state index contributed by atoms with van der Waals surface area (Å²) in [7, 11) is 3.45.